The predicted octanol–water partition coefficient (Wildman–Crippen LogP) is 3.52. The molecule has 0 bridgehead atoms. The summed E-state index contributed by atoms with van der Waals surface area (Å²) in [4.78, 5) is 0. The molecule has 0 aliphatic carbocycles. The van der Waals surface area contributed by atoms with Gasteiger partial charge in [0.15, 0.2) is 0 Å². The van der Waals surface area contributed by atoms with Crippen LogP contribution in [0.25, 0.3) is 10.8 Å². The zero-order valence-electron chi connectivity index (χ0n) is 11.4. The fourth-order valence-corrected chi connectivity index (χ4v) is 2.19. The summed E-state index contributed by atoms with van der Waals surface area (Å²) >= 11 is 0. The third-order valence-electron chi connectivity index (χ3n) is 3.23. The van der Waals surface area contributed by atoms with Gasteiger partial charge in [-0.15, -0.1) is 0 Å². The Hall–Kier alpha value is -1.54. The molecule has 0 saturated carbocycles. The lowest BCUT2D eigenvalue weighted by Crippen LogP contribution is -2.32. The van der Waals surface area contributed by atoms with Crippen LogP contribution in [0.1, 0.15) is 25.8 Å². The Bertz CT molecular complexity index is 540. The van der Waals surface area contributed by atoms with E-state index >= 15 is 0 Å². The zero-order chi connectivity index (χ0) is 13.2. The fraction of sp³-hybridized carbons (Fsp3) is 0.375. The number of aryl methyl sites for hydroxylation is 1. The maximum absolute atomic E-state index is 6.06. The molecule has 0 atom stereocenters. The second-order valence-electron chi connectivity index (χ2n) is 5.46. The van der Waals surface area contributed by atoms with Gasteiger partial charge in [0.25, 0.3) is 0 Å². The summed E-state index contributed by atoms with van der Waals surface area (Å²) in [6, 6.07) is 12.6. The molecule has 18 heavy (non-hydrogen) atoms. The summed E-state index contributed by atoms with van der Waals surface area (Å²) < 4.78 is 5.40. The molecular formula is C16H21NO. The first kappa shape index (κ1) is 12.9. The fourth-order valence-electron chi connectivity index (χ4n) is 2.19. The van der Waals surface area contributed by atoms with Crippen LogP contribution in [0.2, 0.25) is 0 Å². The molecule has 0 amide bonds. The Morgan fingerprint density at radius 1 is 1.06 bits per heavy atom. The average molecular weight is 243 g/mol. The van der Waals surface area contributed by atoms with Gasteiger partial charge in [-0.1, -0.05) is 30.3 Å². The molecule has 0 radical (unpaired) electrons. The number of nitrogens with two attached hydrogens (primary N) is 1. The first-order valence-electron chi connectivity index (χ1n) is 6.35. The van der Waals surface area contributed by atoms with Gasteiger partial charge in [0, 0.05) is 10.9 Å². The van der Waals surface area contributed by atoms with E-state index < -0.39 is 0 Å². The molecule has 2 rings (SSSR count). The molecule has 96 valence electrons. The van der Waals surface area contributed by atoms with Crippen molar-refractivity contribution >= 4 is 10.8 Å². The van der Waals surface area contributed by atoms with E-state index in [9.17, 15) is 0 Å². The maximum Gasteiger partial charge on any atom is 0.126 e. The minimum Gasteiger partial charge on any atom is -0.496 e. The van der Waals surface area contributed by atoms with Crippen LogP contribution in [0.3, 0.4) is 0 Å². The van der Waals surface area contributed by atoms with Gasteiger partial charge >= 0.3 is 0 Å². The van der Waals surface area contributed by atoms with Crippen molar-refractivity contribution in [2.24, 2.45) is 5.73 Å². The standard InChI is InChI=1S/C16H21NO/c1-16(2,17)11-10-12-8-9-15(18-3)14-7-5-4-6-13(12)14/h4-9H,10-11,17H2,1-3H3. The Morgan fingerprint density at radius 2 is 1.72 bits per heavy atom. The molecular weight excluding hydrogens is 222 g/mol. The Morgan fingerprint density at radius 3 is 2.33 bits per heavy atom. The highest BCUT2D eigenvalue weighted by Gasteiger charge is 2.12. The highest BCUT2D eigenvalue weighted by atomic mass is 16.5. The number of hydrogen-bond acceptors (Lipinski definition) is 2. The summed E-state index contributed by atoms with van der Waals surface area (Å²) in [7, 11) is 1.71. The van der Waals surface area contributed by atoms with E-state index in [1.54, 1.807) is 7.11 Å². The van der Waals surface area contributed by atoms with Crippen molar-refractivity contribution in [1.29, 1.82) is 0 Å². The predicted molar refractivity (Wildman–Crippen MR) is 77.1 cm³/mol. The maximum atomic E-state index is 6.06. The van der Waals surface area contributed by atoms with Crippen LogP contribution in [0.4, 0.5) is 0 Å². The second-order valence-corrected chi connectivity index (χ2v) is 5.46. The Labute approximate surface area is 109 Å². The molecule has 0 unspecified atom stereocenters. The van der Waals surface area contributed by atoms with E-state index in [2.05, 4.69) is 38.1 Å². The molecule has 2 heteroatoms. The molecule has 0 fully saturated rings. The van der Waals surface area contributed by atoms with Gasteiger partial charge in [-0.3, -0.25) is 0 Å². The molecule has 0 heterocycles. The first-order chi connectivity index (χ1) is 8.51. The number of ether oxygens (including phenoxy) is 1. The van der Waals surface area contributed by atoms with E-state index in [1.165, 1.54) is 16.3 Å². The van der Waals surface area contributed by atoms with Crippen molar-refractivity contribution < 1.29 is 4.74 Å². The highest BCUT2D eigenvalue weighted by molar-refractivity contribution is 5.91. The van der Waals surface area contributed by atoms with Crippen molar-refractivity contribution in [3.63, 3.8) is 0 Å². The molecule has 0 aliphatic rings. The summed E-state index contributed by atoms with van der Waals surface area (Å²) in [6.07, 6.45) is 1.97. The third-order valence-corrected chi connectivity index (χ3v) is 3.23. The van der Waals surface area contributed by atoms with E-state index in [1.807, 2.05) is 12.1 Å². The quantitative estimate of drug-likeness (QED) is 0.891. The molecule has 2 aromatic rings. The van der Waals surface area contributed by atoms with Crippen LogP contribution >= 0.6 is 0 Å². The molecule has 2 N–H and O–H groups in total. The third kappa shape index (κ3) is 2.82. The molecule has 0 saturated heterocycles. The highest BCUT2D eigenvalue weighted by Crippen LogP contribution is 2.29. The lowest BCUT2D eigenvalue weighted by Gasteiger charge is -2.19. The summed E-state index contributed by atoms with van der Waals surface area (Å²) in [5.41, 5.74) is 7.27. The Kier molecular flexibility index (Phi) is 3.58. The van der Waals surface area contributed by atoms with Crippen molar-refractivity contribution in [2.45, 2.75) is 32.2 Å². The van der Waals surface area contributed by atoms with Crippen molar-refractivity contribution in [1.82, 2.24) is 0 Å². The largest absolute Gasteiger partial charge is 0.496 e. The molecule has 0 spiro atoms. The zero-order valence-corrected chi connectivity index (χ0v) is 11.4. The van der Waals surface area contributed by atoms with Crippen LogP contribution in [0.5, 0.6) is 5.75 Å². The smallest absolute Gasteiger partial charge is 0.126 e. The number of fused-ring (bicyclic) bond motifs is 1. The normalized spacial score (nSPS) is 11.8. The summed E-state index contributed by atoms with van der Waals surface area (Å²) in [5.74, 6) is 0.932. The second kappa shape index (κ2) is 4.99. The van der Waals surface area contributed by atoms with Crippen molar-refractivity contribution in [3.8, 4) is 5.75 Å². The minimum atomic E-state index is -0.124. The van der Waals surface area contributed by atoms with Crippen molar-refractivity contribution in [2.75, 3.05) is 7.11 Å². The Balaban J connectivity index is 2.40. The number of benzene rings is 2. The van der Waals surface area contributed by atoms with E-state index in [-0.39, 0.29) is 5.54 Å². The lowest BCUT2D eigenvalue weighted by atomic mass is 9.93. The van der Waals surface area contributed by atoms with Gasteiger partial charge in [0.05, 0.1) is 7.11 Å². The van der Waals surface area contributed by atoms with Gasteiger partial charge in [-0.2, -0.15) is 0 Å². The van der Waals surface area contributed by atoms with Crippen LogP contribution in [-0.4, -0.2) is 12.6 Å². The van der Waals surface area contributed by atoms with Gasteiger partial charge < -0.3 is 10.5 Å². The molecule has 2 aromatic carbocycles. The van der Waals surface area contributed by atoms with Gasteiger partial charge in [0.2, 0.25) is 0 Å². The van der Waals surface area contributed by atoms with Crippen LogP contribution in [0, 0.1) is 0 Å². The number of rotatable bonds is 4. The van der Waals surface area contributed by atoms with E-state index in [0.717, 1.165) is 18.6 Å². The first-order valence-corrected chi connectivity index (χ1v) is 6.35. The van der Waals surface area contributed by atoms with Crippen molar-refractivity contribution in [3.05, 3.63) is 42.0 Å². The molecule has 2 nitrogen and oxygen atoms in total. The van der Waals surface area contributed by atoms with Gasteiger partial charge in [-0.05, 0) is 43.7 Å². The average Bonchev–Trinajstić information content (AvgIpc) is 2.35. The lowest BCUT2D eigenvalue weighted by molar-refractivity contribution is 0.419. The molecule has 0 aromatic heterocycles. The van der Waals surface area contributed by atoms with Crippen LogP contribution in [-0.2, 0) is 6.42 Å². The van der Waals surface area contributed by atoms with Crippen LogP contribution in [0.15, 0.2) is 36.4 Å². The van der Waals surface area contributed by atoms with Gasteiger partial charge in [-0.25, -0.2) is 0 Å². The summed E-state index contributed by atoms with van der Waals surface area (Å²) in [5, 5.41) is 2.44. The number of hydrogen-bond donors (Lipinski definition) is 1. The van der Waals surface area contributed by atoms with Gasteiger partial charge in [0.1, 0.15) is 5.75 Å². The SMILES string of the molecule is COc1ccc(CCC(C)(C)N)c2ccccc12. The minimum absolute atomic E-state index is 0.124. The number of methoxy groups -OCH3 is 1. The monoisotopic (exact) mass is 243 g/mol. The van der Waals surface area contributed by atoms with Crippen LogP contribution < -0.4 is 10.5 Å². The topological polar surface area (TPSA) is 35.2 Å². The van der Waals surface area contributed by atoms with E-state index in [4.69, 9.17) is 10.5 Å². The summed E-state index contributed by atoms with van der Waals surface area (Å²) in [6.45, 7) is 4.14. The molecule has 0 aliphatic heterocycles. The van der Waals surface area contributed by atoms with E-state index in [0.29, 0.717) is 0 Å².